The number of carbonyl (C=O) groups is 2. The summed E-state index contributed by atoms with van der Waals surface area (Å²) in [5, 5.41) is 0. The molecule has 0 aliphatic carbocycles. The van der Waals surface area contributed by atoms with Gasteiger partial charge in [-0.15, -0.1) is 0 Å². The summed E-state index contributed by atoms with van der Waals surface area (Å²) in [7, 11) is 0. The molecular formula is C26H28N4O2. The molecule has 1 saturated heterocycles. The SMILES string of the molecule is CCN1CCN(C(=O)c2ccc(-c3cc(C(=O)Cc4cccc(C)n4)ccn3)cc2)CC1. The van der Waals surface area contributed by atoms with E-state index in [0.717, 1.165) is 49.7 Å². The van der Waals surface area contributed by atoms with Gasteiger partial charge in [0.15, 0.2) is 5.78 Å². The number of ketones is 1. The molecule has 4 rings (SSSR count). The fourth-order valence-electron chi connectivity index (χ4n) is 3.96. The highest BCUT2D eigenvalue weighted by Crippen LogP contribution is 2.20. The minimum Gasteiger partial charge on any atom is -0.336 e. The summed E-state index contributed by atoms with van der Waals surface area (Å²) in [6.07, 6.45) is 1.91. The maximum atomic E-state index is 12.8. The fourth-order valence-corrected chi connectivity index (χ4v) is 3.96. The third-order valence-electron chi connectivity index (χ3n) is 5.90. The molecule has 1 aliphatic heterocycles. The van der Waals surface area contributed by atoms with Gasteiger partial charge in [-0.3, -0.25) is 19.6 Å². The predicted molar refractivity (Wildman–Crippen MR) is 125 cm³/mol. The Hall–Kier alpha value is -3.38. The number of pyridine rings is 2. The van der Waals surface area contributed by atoms with E-state index >= 15 is 0 Å². The molecule has 1 amide bonds. The molecule has 32 heavy (non-hydrogen) atoms. The maximum Gasteiger partial charge on any atom is 0.253 e. The Morgan fingerprint density at radius 1 is 0.938 bits per heavy atom. The average molecular weight is 429 g/mol. The van der Waals surface area contributed by atoms with Crippen molar-refractivity contribution in [2.75, 3.05) is 32.7 Å². The molecule has 1 aliphatic rings. The smallest absolute Gasteiger partial charge is 0.253 e. The highest BCUT2D eigenvalue weighted by atomic mass is 16.2. The van der Waals surface area contributed by atoms with Gasteiger partial charge in [-0.2, -0.15) is 0 Å². The van der Waals surface area contributed by atoms with Gasteiger partial charge in [0.1, 0.15) is 0 Å². The summed E-state index contributed by atoms with van der Waals surface area (Å²) >= 11 is 0. The van der Waals surface area contributed by atoms with Crippen LogP contribution in [0, 0.1) is 6.92 Å². The molecule has 1 aromatic carbocycles. The molecule has 164 valence electrons. The van der Waals surface area contributed by atoms with Gasteiger partial charge in [0.2, 0.25) is 0 Å². The van der Waals surface area contributed by atoms with Crippen LogP contribution in [0.25, 0.3) is 11.3 Å². The van der Waals surface area contributed by atoms with Crippen LogP contribution in [0.4, 0.5) is 0 Å². The van der Waals surface area contributed by atoms with E-state index in [0.29, 0.717) is 16.8 Å². The van der Waals surface area contributed by atoms with E-state index < -0.39 is 0 Å². The van der Waals surface area contributed by atoms with E-state index in [1.54, 1.807) is 18.3 Å². The van der Waals surface area contributed by atoms with E-state index in [4.69, 9.17) is 0 Å². The van der Waals surface area contributed by atoms with Gasteiger partial charge in [-0.05, 0) is 49.9 Å². The zero-order valence-corrected chi connectivity index (χ0v) is 18.6. The Morgan fingerprint density at radius 3 is 2.38 bits per heavy atom. The highest BCUT2D eigenvalue weighted by molar-refractivity contribution is 5.98. The standard InChI is InChI=1S/C26H28N4O2/c1-3-29-13-15-30(16-14-29)26(32)21-9-7-20(8-10-21)24-17-22(11-12-27-24)25(31)18-23-6-4-5-19(2)28-23/h4-12,17H,3,13-16,18H2,1-2H3. The number of Topliss-reactive ketones (excluding diaryl/α,β-unsaturated/α-hetero) is 1. The van der Waals surface area contributed by atoms with Gasteiger partial charge in [0, 0.05) is 60.5 Å². The van der Waals surface area contributed by atoms with Gasteiger partial charge in [-0.1, -0.05) is 25.1 Å². The fraction of sp³-hybridized carbons (Fsp3) is 0.308. The van der Waals surface area contributed by atoms with Gasteiger partial charge in [0.05, 0.1) is 12.1 Å². The zero-order valence-electron chi connectivity index (χ0n) is 18.6. The van der Waals surface area contributed by atoms with Crippen LogP contribution in [0.3, 0.4) is 0 Å². The molecule has 0 saturated carbocycles. The van der Waals surface area contributed by atoms with Crippen LogP contribution < -0.4 is 0 Å². The number of likely N-dealkylation sites (N-methyl/N-ethyl adjacent to an activating group) is 1. The Balaban J connectivity index is 1.45. The van der Waals surface area contributed by atoms with Gasteiger partial charge >= 0.3 is 0 Å². The molecule has 3 aromatic rings. The quantitative estimate of drug-likeness (QED) is 0.561. The van der Waals surface area contributed by atoms with Crippen molar-refractivity contribution in [3.63, 3.8) is 0 Å². The molecule has 2 aromatic heterocycles. The number of nitrogens with zero attached hydrogens (tertiary/aromatic N) is 4. The molecule has 0 radical (unpaired) electrons. The second-order valence-electron chi connectivity index (χ2n) is 8.10. The van der Waals surface area contributed by atoms with Crippen LogP contribution in [0.5, 0.6) is 0 Å². The first-order valence-electron chi connectivity index (χ1n) is 11.1. The average Bonchev–Trinajstić information content (AvgIpc) is 2.84. The number of hydrogen-bond donors (Lipinski definition) is 0. The minimum atomic E-state index is 0.00442. The zero-order chi connectivity index (χ0) is 22.5. The minimum absolute atomic E-state index is 0.00442. The van der Waals surface area contributed by atoms with Crippen molar-refractivity contribution in [3.8, 4) is 11.3 Å². The van der Waals surface area contributed by atoms with E-state index in [1.165, 1.54) is 0 Å². The molecule has 0 N–H and O–H groups in total. The van der Waals surface area contributed by atoms with Crippen molar-refractivity contribution in [2.24, 2.45) is 0 Å². The van der Waals surface area contributed by atoms with E-state index in [2.05, 4.69) is 21.8 Å². The normalized spacial score (nSPS) is 14.4. The maximum absolute atomic E-state index is 12.8. The van der Waals surface area contributed by atoms with Crippen LogP contribution in [0.2, 0.25) is 0 Å². The van der Waals surface area contributed by atoms with Crippen molar-refractivity contribution in [1.82, 2.24) is 19.8 Å². The number of aromatic nitrogens is 2. The molecule has 6 nitrogen and oxygen atoms in total. The highest BCUT2D eigenvalue weighted by Gasteiger charge is 2.21. The van der Waals surface area contributed by atoms with Crippen LogP contribution in [-0.2, 0) is 6.42 Å². The number of hydrogen-bond acceptors (Lipinski definition) is 5. The Bertz CT molecular complexity index is 1100. The van der Waals surface area contributed by atoms with Crippen LogP contribution >= 0.6 is 0 Å². The largest absolute Gasteiger partial charge is 0.336 e. The lowest BCUT2D eigenvalue weighted by Crippen LogP contribution is -2.48. The summed E-state index contributed by atoms with van der Waals surface area (Å²) in [5.41, 5.74) is 4.52. The van der Waals surface area contributed by atoms with Gasteiger partial charge < -0.3 is 9.80 Å². The Labute approximate surface area is 188 Å². The molecule has 6 heteroatoms. The summed E-state index contributed by atoms with van der Waals surface area (Å²) in [5.74, 6) is 0.0691. The second kappa shape index (κ2) is 9.83. The molecule has 1 fully saturated rings. The molecule has 0 atom stereocenters. The third kappa shape index (κ3) is 5.08. The number of piperazine rings is 1. The van der Waals surface area contributed by atoms with Gasteiger partial charge in [0.25, 0.3) is 5.91 Å². The van der Waals surface area contributed by atoms with Crippen molar-refractivity contribution in [3.05, 3.63) is 83.3 Å². The first kappa shape index (κ1) is 21.8. The van der Waals surface area contributed by atoms with Crippen molar-refractivity contribution >= 4 is 11.7 Å². The van der Waals surface area contributed by atoms with E-state index in [9.17, 15) is 9.59 Å². The number of amides is 1. The summed E-state index contributed by atoms with van der Waals surface area (Å²) in [4.78, 5) is 38.7. The van der Waals surface area contributed by atoms with Crippen LogP contribution in [0.1, 0.15) is 39.0 Å². The number of benzene rings is 1. The van der Waals surface area contributed by atoms with Gasteiger partial charge in [-0.25, -0.2) is 0 Å². The van der Waals surface area contributed by atoms with Crippen molar-refractivity contribution in [2.45, 2.75) is 20.3 Å². The lowest BCUT2D eigenvalue weighted by Gasteiger charge is -2.34. The topological polar surface area (TPSA) is 66.4 Å². The lowest BCUT2D eigenvalue weighted by molar-refractivity contribution is 0.0643. The molecule has 0 bridgehead atoms. The van der Waals surface area contributed by atoms with Crippen LogP contribution in [-0.4, -0.2) is 64.2 Å². The lowest BCUT2D eigenvalue weighted by atomic mass is 10.0. The summed E-state index contributed by atoms with van der Waals surface area (Å²) in [6.45, 7) is 8.44. The Kier molecular flexibility index (Phi) is 6.71. The van der Waals surface area contributed by atoms with E-state index in [-0.39, 0.29) is 18.1 Å². The monoisotopic (exact) mass is 428 g/mol. The second-order valence-corrected chi connectivity index (χ2v) is 8.10. The van der Waals surface area contributed by atoms with E-state index in [1.807, 2.05) is 54.3 Å². The van der Waals surface area contributed by atoms with Crippen molar-refractivity contribution < 1.29 is 9.59 Å². The number of carbonyl (C=O) groups excluding carboxylic acids is 2. The number of aryl methyl sites for hydroxylation is 1. The number of rotatable bonds is 6. The molecule has 3 heterocycles. The molecule has 0 spiro atoms. The predicted octanol–water partition coefficient (Wildman–Crippen LogP) is 3.66. The summed E-state index contributed by atoms with van der Waals surface area (Å²) < 4.78 is 0. The third-order valence-corrected chi connectivity index (χ3v) is 5.90. The first-order chi connectivity index (χ1) is 15.5. The molecular weight excluding hydrogens is 400 g/mol. The summed E-state index contributed by atoms with van der Waals surface area (Å²) in [6, 6.07) is 16.7. The first-order valence-corrected chi connectivity index (χ1v) is 11.1. The Morgan fingerprint density at radius 2 is 1.69 bits per heavy atom. The van der Waals surface area contributed by atoms with Crippen LogP contribution in [0.15, 0.2) is 60.8 Å². The van der Waals surface area contributed by atoms with Crippen molar-refractivity contribution in [1.29, 1.82) is 0 Å². The molecule has 0 unspecified atom stereocenters.